The maximum Gasteiger partial charge on any atom is 0.253 e. The summed E-state index contributed by atoms with van der Waals surface area (Å²) in [6.07, 6.45) is -0.678. The lowest BCUT2D eigenvalue weighted by Crippen LogP contribution is -2.49. The van der Waals surface area contributed by atoms with Crippen LogP contribution in [0, 0.1) is 5.92 Å². The van der Waals surface area contributed by atoms with Crippen LogP contribution in [0.4, 0.5) is 0 Å². The Morgan fingerprint density at radius 2 is 1.58 bits per heavy atom. The second kappa shape index (κ2) is 11.5. The van der Waals surface area contributed by atoms with Crippen molar-refractivity contribution in [2.75, 3.05) is 6.54 Å². The van der Waals surface area contributed by atoms with E-state index in [1.165, 1.54) is 0 Å². The number of phenolic OH excluding ortho intramolecular Hbond substituents is 1. The van der Waals surface area contributed by atoms with Crippen molar-refractivity contribution in [3.63, 3.8) is 0 Å². The van der Waals surface area contributed by atoms with E-state index in [4.69, 9.17) is 4.74 Å². The number of carbonyl (C=O) groups is 3. The molecule has 2 unspecified atom stereocenters. The van der Waals surface area contributed by atoms with Gasteiger partial charge in [0.2, 0.25) is 5.91 Å². The Kier molecular flexibility index (Phi) is 8.43. The minimum absolute atomic E-state index is 0.188. The molecule has 2 aromatic carbocycles. The maximum atomic E-state index is 12.7. The van der Waals surface area contributed by atoms with Gasteiger partial charge in [0.05, 0.1) is 0 Å². The van der Waals surface area contributed by atoms with Crippen molar-refractivity contribution in [2.24, 2.45) is 5.92 Å². The van der Waals surface area contributed by atoms with Crippen molar-refractivity contribution in [3.05, 3.63) is 65.7 Å². The van der Waals surface area contributed by atoms with E-state index < -0.39 is 24.2 Å². The highest BCUT2D eigenvalue weighted by Crippen LogP contribution is 2.23. The summed E-state index contributed by atoms with van der Waals surface area (Å²) >= 11 is 0. The van der Waals surface area contributed by atoms with Gasteiger partial charge in [-0.25, -0.2) is 0 Å². The number of nitrogens with one attached hydrogen (secondary N) is 3. The van der Waals surface area contributed by atoms with Crippen molar-refractivity contribution in [1.29, 1.82) is 0 Å². The van der Waals surface area contributed by atoms with Gasteiger partial charge in [0.1, 0.15) is 11.8 Å². The number of amides is 3. The quantitative estimate of drug-likeness (QED) is 0.386. The molecule has 0 bridgehead atoms. The Balaban J connectivity index is 1.44. The molecule has 33 heavy (non-hydrogen) atoms. The molecule has 1 saturated heterocycles. The van der Waals surface area contributed by atoms with E-state index in [1.54, 1.807) is 24.3 Å². The van der Waals surface area contributed by atoms with Crippen LogP contribution in [-0.4, -0.2) is 47.6 Å². The van der Waals surface area contributed by atoms with Crippen LogP contribution < -0.4 is 16.0 Å². The van der Waals surface area contributed by atoms with E-state index in [9.17, 15) is 19.5 Å². The molecule has 4 N–H and O–H groups in total. The van der Waals surface area contributed by atoms with Gasteiger partial charge >= 0.3 is 0 Å². The lowest BCUT2D eigenvalue weighted by Gasteiger charge is -2.20. The monoisotopic (exact) mass is 453 g/mol. The number of ether oxygens (including phenoxy) is 1. The van der Waals surface area contributed by atoms with Crippen LogP contribution in [0.1, 0.15) is 31.4 Å². The van der Waals surface area contributed by atoms with Crippen LogP contribution in [-0.2, 0) is 32.1 Å². The molecule has 3 amide bonds. The van der Waals surface area contributed by atoms with Crippen LogP contribution in [0.25, 0.3) is 0 Å². The second-order valence-electron chi connectivity index (χ2n) is 8.58. The minimum Gasteiger partial charge on any atom is -0.508 e. The van der Waals surface area contributed by atoms with Gasteiger partial charge in [-0.3, -0.25) is 14.4 Å². The standard InChI is InChI=1S/C25H31N3O5/c1-16(2)14-20(23(30)27-15-18-6-4-3-5-7-18)28-25(32)22-21(33-22)24(31)26-13-12-17-8-10-19(29)11-9-17/h3-11,16,20-22,29H,12-15H2,1-2H3,(H,26,31)(H,27,30)(H,28,32)/t20-,21?,22?/m0/s1. The molecule has 1 heterocycles. The third-order valence-corrected chi connectivity index (χ3v) is 5.31. The molecule has 0 aromatic heterocycles. The second-order valence-corrected chi connectivity index (χ2v) is 8.58. The van der Waals surface area contributed by atoms with Crippen molar-refractivity contribution >= 4 is 17.7 Å². The lowest BCUT2D eigenvalue weighted by molar-refractivity contribution is -0.130. The van der Waals surface area contributed by atoms with Crippen LogP contribution >= 0.6 is 0 Å². The summed E-state index contributed by atoms with van der Waals surface area (Å²) in [6, 6.07) is 15.6. The average Bonchev–Trinajstić information content (AvgIpc) is 3.60. The molecule has 3 rings (SSSR count). The molecule has 1 fully saturated rings. The molecule has 2 aromatic rings. The molecule has 8 heteroatoms. The summed E-state index contributed by atoms with van der Waals surface area (Å²) in [5.41, 5.74) is 1.94. The number of aromatic hydroxyl groups is 1. The molecular formula is C25H31N3O5. The summed E-state index contributed by atoms with van der Waals surface area (Å²) in [4.78, 5) is 37.6. The largest absolute Gasteiger partial charge is 0.508 e. The van der Waals surface area contributed by atoms with Crippen molar-refractivity contribution in [2.45, 2.75) is 51.5 Å². The Bertz CT molecular complexity index is 946. The zero-order chi connectivity index (χ0) is 23.8. The number of carbonyl (C=O) groups excluding carboxylic acids is 3. The number of rotatable bonds is 11. The molecular weight excluding hydrogens is 422 g/mol. The average molecular weight is 454 g/mol. The molecule has 176 valence electrons. The minimum atomic E-state index is -0.893. The number of hydrogen-bond donors (Lipinski definition) is 4. The van der Waals surface area contributed by atoms with Crippen molar-refractivity contribution < 1.29 is 24.2 Å². The molecule has 8 nitrogen and oxygen atoms in total. The summed E-state index contributed by atoms with van der Waals surface area (Å²) in [5, 5.41) is 17.7. The fraction of sp³-hybridized carbons (Fsp3) is 0.400. The van der Waals surface area contributed by atoms with Crippen molar-refractivity contribution in [3.8, 4) is 5.75 Å². The van der Waals surface area contributed by atoms with Gasteiger partial charge in [-0.2, -0.15) is 0 Å². The molecule has 0 saturated carbocycles. The Labute approximate surface area is 193 Å². The lowest BCUT2D eigenvalue weighted by atomic mass is 10.0. The van der Waals surface area contributed by atoms with Gasteiger partial charge in [-0.05, 0) is 42.0 Å². The van der Waals surface area contributed by atoms with Gasteiger partial charge in [-0.1, -0.05) is 56.3 Å². The van der Waals surface area contributed by atoms with Gasteiger partial charge in [0, 0.05) is 13.1 Å². The van der Waals surface area contributed by atoms with Crippen LogP contribution in [0.5, 0.6) is 5.75 Å². The highest BCUT2D eigenvalue weighted by molar-refractivity contribution is 5.97. The van der Waals surface area contributed by atoms with E-state index in [-0.39, 0.29) is 23.5 Å². The predicted molar refractivity (Wildman–Crippen MR) is 123 cm³/mol. The smallest absolute Gasteiger partial charge is 0.253 e. The van der Waals surface area contributed by atoms with Gasteiger partial charge in [-0.15, -0.1) is 0 Å². The highest BCUT2D eigenvalue weighted by Gasteiger charge is 2.50. The van der Waals surface area contributed by atoms with E-state index in [2.05, 4.69) is 16.0 Å². The molecule has 0 aliphatic carbocycles. The maximum absolute atomic E-state index is 12.7. The summed E-state index contributed by atoms with van der Waals surface area (Å²) in [7, 11) is 0. The number of phenols is 1. The van der Waals surface area contributed by atoms with E-state index in [0.29, 0.717) is 25.9 Å². The first-order valence-electron chi connectivity index (χ1n) is 11.2. The third-order valence-electron chi connectivity index (χ3n) is 5.31. The summed E-state index contributed by atoms with van der Waals surface area (Å²) in [5.74, 6) is -0.710. The normalized spacial score (nSPS) is 17.8. The van der Waals surface area contributed by atoms with E-state index >= 15 is 0 Å². The molecule has 0 spiro atoms. The molecule has 1 aliphatic heterocycles. The Morgan fingerprint density at radius 3 is 2.24 bits per heavy atom. The van der Waals surface area contributed by atoms with Crippen LogP contribution in [0.2, 0.25) is 0 Å². The Hall–Kier alpha value is -3.39. The highest BCUT2D eigenvalue weighted by atomic mass is 16.6. The third kappa shape index (κ3) is 7.61. The number of epoxide rings is 1. The van der Waals surface area contributed by atoms with Gasteiger partial charge in [0.15, 0.2) is 12.2 Å². The first kappa shape index (κ1) is 24.3. The van der Waals surface area contributed by atoms with Crippen molar-refractivity contribution in [1.82, 2.24) is 16.0 Å². The summed E-state index contributed by atoms with van der Waals surface area (Å²) in [6.45, 7) is 4.70. The van der Waals surface area contributed by atoms with E-state index in [1.807, 2.05) is 44.2 Å². The first-order chi connectivity index (χ1) is 15.8. The predicted octanol–water partition coefficient (Wildman–Crippen LogP) is 1.67. The first-order valence-corrected chi connectivity index (χ1v) is 11.2. The van der Waals surface area contributed by atoms with Gasteiger partial charge in [0.25, 0.3) is 11.8 Å². The topological polar surface area (TPSA) is 120 Å². The molecule has 3 atom stereocenters. The fourth-order valence-electron chi connectivity index (χ4n) is 3.47. The van der Waals surface area contributed by atoms with Crippen LogP contribution in [0.15, 0.2) is 54.6 Å². The Morgan fingerprint density at radius 1 is 0.909 bits per heavy atom. The summed E-state index contributed by atoms with van der Waals surface area (Å²) < 4.78 is 5.29. The number of benzene rings is 2. The number of hydrogen-bond acceptors (Lipinski definition) is 5. The zero-order valence-electron chi connectivity index (χ0n) is 18.9. The van der Waals surface area contributed by atoms with Gasteiger partial charge < -0.3 is 25.8 Å². The SMILES string of the molecule is CC(C)C[C@H](NC(=O)C1OC1C(=O)NCCc1ccc(O)cc1)C(=O)NCc1ccccc1. The van der Waals surface area contributed by atoms with E-state index in [0.717, 1.165) is 11.1 Å². The zero-order valence-corrected chi connectivity index (χ0v) is 18.9. The molecule has 1 aliphatic rings. The van der Waals surface area contributed by atoms with Crippen LogP contribution in [0.3, 0.4) is 0 Å². The molecule has 0 radical (unpaired) electrons. The fourth-order valence-corrected chi connectivity index (χ4v) is 3.47.